The molecule has 0 fully saturated rings. The van der Waals surface area contributed by atoms with Gasteiger partial charge in [-0.05, 0) is 19.1 Å². The van der Waals surface area contributed by atoms with Gasteiger partial charge in [-0.1, -0.05) is 0 Å². The molecule has 0 amide bonds. The van der Waals surface area contributed by atoms with E-state index < -0.39 is 5.82 Å². The summed E-state index contributed by atoms with van der Waals surface area (Å²) >= 11 is 0. The van der Waals surface area contributed by atoms with Gasteiger partial charge in [-0.25, -0.2) is 14.4 Å². The number of pyridine rings is 1. The summed E-state index contributed by atoms with van der Waals surface area (Å²) in [5.74, 6) is 0.574. The van der Waals surface area contributed by atoms with Crippen LogP contribution in [-0.4, -0.2) is 19.9 Å². The van der Waals surface area contributed by atoms with Crippen LogP contribution in [-0.2, 0) is 0 Å². The van der Waals surface area contributed by atoms with Crippen molar-refractivity contribution in [2.75, 3.05) is 5.73 Å². The third kappa shape index (κ3) is 2.04. The standard InChI is InChI=1S/C9H8FN5/c1-5-13-8(15-9(11)14-5)7-3-2-6(10)4-12-7/h2-4H,1H3,(H2,11,13,14,15). The molecule has 0 atom stereocenters. The van der Waals surface area contributed by atoms with E-state index in [-0.39, 0.29) is 5.95 Å². The van der Waals surface area contributed by atoms with E-state index in [1.54, 1.807) is 6.92 Å². The fourth-order valence-corrected chi connectivity index (χ4v) is 1.13. The predicted molar refractivity (Wildman–Crippen MR) is 52.2 cm³/mol. The average molecular weight is 205 g/mol. The summed E-state index contributed by atoms with van der Waals surface area (Å²) < 4.78 is 12.6. The zero-order chi connectivity index (χ0) is 10.8. The van der Waals surface area contributed by atoms with Gasteiger partial charge in [0.05, 0.1) is 6.20 Å². The van der Waals surface area contributed by atoms with E-state index in [0.717, 1.165) is 6.20 Å². The summed E-state index contributed by atoms with van der Waals surface area (Å²) in [4.78, 5) is 15.6. The van der Waals surface area contributed by atoms with Crippen LogP contribution in [0.2, 0.25) is 0 Å². The van der Waals surface area contributed by atoms with Crippen molar-refractivity contribution in [3.63, 3.8) is 0 Å². The Morgan fingerprint density at radius 3 is 2.60 bits per heavy atom. The van der Waals surface area contributed by atoms with Gasteiger partial charge in [-0.3, -0.25) is 0 Å². The Bertz CT molecular complexity index is 462. The van der Waals surface area contributed by atoms with Crippen molar-refractivity contribution in [3.8, 4) is 11.5 Å². The molecule has 2 heterocycles. The van der Waals surface area contributed by atoms with E-state index in [1.807, 2.05) is 0 Å². The van der Waals surface area contributed by atoms with Crippen molar-refractivity contribution in [2.24, 2.45) is 0 Å². The van der Waals surface area contributed by atoms with E-state index in [9.17, 15) is 4.39 Å². The van der Waals surface area contributed by atoms with E-state index in [4.69, 9.17) is 5.73 Å². The summed E-state index contributed by atoms with van der Waals surface area (Å²) in [6.07, 6.45) is 1.10. The molecule has 5 nitrogen and oxygen atoms in total. The third-order valence-corrected chi connectivity index (χ3v) is 1.72. The van der Waals surface area contributed by atoms with Gasteiger partial charge in [0.2, 0.25) is 5.95 Å². The Balaban J connectivity index is 2.49. The summed E-state index contributed by atoms with van der Waals surface area (Å²) in [7, 11) is 0. The minimum absolute atomic E-state index is 0.128. The molecule has 0 aliphatic heterocycles. The molecule has 15 heavy (non-hydrogen) atoms. The highest BCUT2D eigenvalue weighted by Crippen LogP contribution is 2.12. The average Bonchev–Trinajstić information content (AvgIpc) is 2.17. The number of hydrogen-bond donors (Lipinski definition) is 1. The van der Waals surface area contributed by atoms with Crippen LogP contribution in [0.15, 0.2) is 18.3 Å². The monoisotopic (exact) mass is 205 g/mol. The number of anilines is 1. The van der Waals surface area contributed by atoms with E-state index in [1.165, 1.54) is 12.1 Å². The third-order valence-electron chi connectivity index (χ3n) is 1.72. The molecule has 0 unspecified atom stereocenters. The lowest BCUT2D eigenvalue weighted by Gasteiger charge is -2.00. The summed E-state index contributed by atoms with van der Waals surface area (Å²) in [6, 6.07) is 2.78. The highest BCUT2D eigenvalue weighted by molar-refractivity contribution is 5.49. The Kier molecular flexibility index (Phi) is 2.24. The first-order chi connectivity index (χ1) is 7.15. The molecule has 0 aromatic carbocycles. The molecule has 76 valence electrons. The molecule has 0 bridgehead atoms. The minimum atomic E-state index is -0.405. The second kappa shape index (κ2) is 3.56. The molecule has 2 aromatic rings. The minimum Gasteiger partial charge on any atom is -0.368 e. The van der Waals surface area contributed by atoms with Crippen molar-refractivity contribution in [3.05, 3.63) is 30.0 Å². The SMILES string of the molecule is Cc1nc(N)nc(-c2ccc(F)cn2)n1. The van der Waals surface area contributed by atoms with Crippen LogP contribution < -0.4 is 5.73 Å². The molecule has 0 aliphatic rings. The Morgan fingerprint density at radius 1 is 1.20 bits per heavy atom. The molecule has 2 aromatic heterocycles. The van der Waals surface area contributed by atoms with Crippen molar-refractivity contribution >= 4 is 5.95 Å². The largest absolute Gasteiger partial charge is 0.368 e. The number of rotatable bonds is 1. The van der Waals surface area contributed by atoms with Crippen LogP contribution in [0.4, 0.5) is 10.3 Å². The van der Waals surface area contributed by atoms with Crippen LogP contribution in [0.5, 0.6) is 0 Å². The molecule has 0 spiro atoms. The maximum absolute atomic E-state index is 12.6. The van der Waals surface area contributed by atoms with Gasteiger partial charge in [-0.15, -0.1) is 0 Å². The van der Waals surface area contributed by atoms with Crippen LogP contribution in [0.1, 0.15) is 5.82 Å². The number of halogens is 1. The lowest BCUT2D eigenvalue weighted by atomic mass is 10.3. The van der Waals surface area contributed by atoms with Crippen LogP contribution in [0.3, 0.4) is 0 Å². The maximum Gasteiger partial charge on any atom is 0.223 e. The van der Waals surface area contributed by atoms with Gasteiger partial charge in [-0.2, -0.15) is 9.97 Å². The first kappa shape index (κ1) is 9.45. The molecule has 2 rings (SSSR count). The Morgan fingerprint density at radius 2 is 2.00 bits per heavy atom. The quantitative estimate of drug-likeness (QED) is 0.750. The Labute approximate surface area is 85.2 Å². The lowest BCUT2D eigenvalue weighted by Crippen LogP contribution is -2.02. The second-order valence-electron chi connectivity index (χ2n) is 2.93. The zero-order valence-corrected chi connectivity index (χ0v) is 7.98. The van der Waals surface area contributed by atoms with E-state index >= 15 is 0 Å². The van der Waals surface area contributed by atoms with Crippen molar-refractivity contribution in [1.82, 2.24) is 19.9 Å². The summed E-state index contributed by atoms with van der Waals surface area (Å²) in [6.45, 7) is 1.70. The lowest BCUT2D eigenvalue weighted by molar-refractivity contribution is 0.621. The normalized spacial score (nSPS) is 10.3. The highest BCUT2D eigenvalue weighted by Gasteiger charge is 2.05. The van der Waals surface area contributed by atoms with Gasteiger partial charge in [0, 0.05) is 0 Å². The van der Waals surface area contributed by atoms with E-state index in [0.29, 0.717) is 17.3 Å². The summed E-state index contributed by atoms with van der Waals surface area (Å²) in [5, 5.41) is 0. The first-order valence-electron chi connectivity index (χ1n) is 4.25. The number of hydrogen-bond acceptors (Lipinski definition) is 5. The fourth-order valence-electron chi connectivity index (χ4n) is 1.13. The first-order valence-corrected chi connectivity index (χ1v) is 4.25. The number of aryl methyl sites for hydroxylation is 1. The number of aromatic nitrogens is 4. The van der Waals surface area contributed by atoms with Crippen LogP contribution >= 0.6 is 0 Å². The smallest absolute Gasteiger partial charge is 0.223 e. The van der Waals surface area contributed by atoms with Gasteiger partial charge < -0.3 is 5.73 Å². The molecule has 0 saturated heterocycles. The van der Waals surface area contributed by atoms with Crippen molar-refractivity contribution in [2.45, 2.75) is 6.92 Å². The summed E-state index contributed by atoms with van der Waals surface area (Å²) in [5.41, 5.74) is 5.93. The highest BCUT2D eigenvalue weighted by atomic mass is 19.1. The second-order valence-corrected chi connectivity index (χ2v) is 2.93. The predicted octanol–water partition coefficient (Wildman–Crippen LogP) is 0.963. The van der Waals surface area contributed by atoms with Gasteiger partial charge >= 0.3 is 0 Å². The van der Waals surface area contributed by atoms with Crippen LogP contribution in [0.25, 0.3) is 11.5 Å². The van der Waals surface area contributed by atoms with Gasteiger partial charge in [0.25, 0.3) is 0 Å². The van der Waals surface area contributed by atoms with E-state index in [2.05, 4.69) is 19.9 Å². The van der Waals surface area contributed by atoms with Gasteiger partial charge in [0.15, 0.2) is 5.82 Å². The number of nitrogens with zero attached hydrogens (tertiary/aromatic N) is 4. The molecule has 0 aliphatic carbocycles. The Hall–Kier alpha value is -2.11. The number of nitrogen functional groups attached to an aromatic ring is 1. The van der Waals surface area contributed by atoms with Crippen molar-refractivity contribution < 1.29 is 4.39 Å². The van der Waals surface area contributed by atoms with Gasteiger partial charge in [0.1, 0.15) is 17.3 Å². The van der Waals surface area contributed by atoms with Crippen molar-refractivity contribution in [1.29, 1.82) is 0 Å². The molecule has 0 radical (unpaired) electrons. The molecule has 2 N–H and O–H groups in total. The number of nitrogens with two attached hydrogens (primary N) is 1. The molecule has 0 saturated carbocycles. The topological polar surface area (TPSA) is 77.6 Å². The van der Waals surface area contributed by atoms with Crippen LogP contribution in [0, 0.1) is 12.7 Å². The fraction of sp³-hybridized carbons (Fsp3) is 0.111. The molecule has 6 heteroatoms. The molecular formula is C9H8FN5. The molecular weight excluding hydrogens is 197 g/mol. The zero-order valence-electron chi connectivity index (χ0n) is 7.98. The maximum atomic E-state index is 12.6.